The van der Waals surface area contributed by atoms with Gasteiger partial charge in [0.1, 0.15) is 11.6 Å². The van der Waals surface area contributed by atoms with Crippen molar-refractivity contribution in [2.75, 3.05) is 6.54 Å². The smallest absolute Gasteiger partial charge is 0.254 e. The number of hydrogen-bond acceptors (Lipinski definition) is 3. The van der Waals surface area contributed by atoms with E-state index in [0.29, 0.717) is 25.6 Å². The molecule has 8 heteroatoms. The molecule has 0 unspecified atom stereocenters. The molecule has 6 nitrogen and oxygen atoms in total. The molecule has 36 heavy (non-hydrogen) atoms. The highest BCUT2D eigenvalue weighted by molar-refractivity contribution is 5.94. The fraction of sp³-hybridized carbons (Fsp3) is 0.179. The molecule has 0 aliphatic carbocycles. The number of hydrogen-bond donors (Lipinski definition) is 2. The summed E-state index contributed by atoms with van der Waals surface area (Å²) in [4.78, 5) is 24.5. The van der Waals surface area contributed by atoms with E-state index in [0.717, 1.165) is 34.5 Å². The van der Waals surface area contributed by atoms with Crippen LogP contribution in [0.25, 0.3) is 11.3 Å². The van der Waals surface area contributed by atoms with Crippen molar-refractivity contribution in [3.63, 3.8) is 0 Å². The lowest BCUT2D eigenvalue weighted by atomic mass is 10.1. The Morgan fingerprint density at radius 3 is 2.33 bits per heavy atom. The molecule has 0 fully saturated rings. The Bertz CT molecular complexity index is 1320. The Hall–Kier alpha value is -4.33. The highest BCUT2D eigenvalue weighted by atomic mass is 19.1. The minimum Gasteiger partial charge on any atom is -0.352 e. The topological polar surface area (TPSA) is 76.0 Å². The quantitative estimate of drug-likeness (QED) is 0.318. The van der Waals surface area contributed by atoms with Crippen LogP contribution in [-0.4, -0.2) is 28.1 Å². The van der Waals surface area contributed by atoms with Gasteiger partial charge in [0.25, 0.3) is 5.91 Å². The van der Waals surface area contributed by atoms with Crippen molar-refractivity contribution >= 4 is 11.8 Å². The van der Waals surface area contributed by atoms with Crippen LogP contribution < -0.4 is 10.6 Å². The average molecular weight is 489 g/mol. The molecule has 2 amide bonds. The predicted octanol–water partition coefficient (Wildman–Crippen LogP) is 4.70. The van der Waals surface area contributed by atoms with Crippen molar-refractivity contribution in [2.45, 2.75) is 25.9 Å². The van der Waals surface area contributed by atoms with E-state index in [9.17, 15) is 18.4 Å². The number of rotatable bonds is 10. The molecule has 0 saturated carbocycles. The number of benzene rings is 3. The lowest BCUT2D eigenvalue weighted by Gasteiger charge is -2.08. The third-order valence-corrected chi connectivity index (χ3v) is 5.59. The van der Waals surface area contributed by atoms with Crippen LogP contribution in [0.15, 0.2) is 85.1 Å². The monoisotopic (exact) mass is 488 g/mol. The second-order valence-corrected chi connectivity index (χ2v) is 8.31. The van der Waals surface area contributed by atoms with E-state index in [4.69, 9.17) is 5.10 Å². The maximum Gasteiger partial charge on any atom is 0.254 e. The lowest BCUT2D eigenvalue weighted by Crippen LogP contribution is -2.28. The van der Waals surface area contributed by atoms with Gasteiger partial charge in [0.2, 0.25) is 5.91 Å². The fourth-order valence-corrected chi connectivity index (χ4v) is 3.78. The van der Waals surface area contributed by atoms with Gasteiger partial charge in [-0.25, -0.2) is 8.78 Å². The van der Waals surface area contributed by atoms with Gasteiger partial charge in [0.05, 0.1) is 17.8 Å². The van der Waals surface area contributed by atoms with Crippen LogP contribution in [0, 0.1) is 11.6 Å². The van der Waals surface area contributed by atoms with Crippen LogP contribution >= 0.6 is 0 Å². The molecule has 0 aliphatic heterocycles. The van der Waals surface area contributed by atoms with Crippen LogP contribution in [0.1, 0.15) is 34.3 Å². The third kappa shape index (κ3) is 6.63. The molecule has 3 aromatic carbocycles. The van der Waals surface area contributed by atoms with E-state index >= 15 is 0 Å². The highest BCUT2D eigenvalue weighted by Gasteiger charge is 2.14. The maximum absolute atomic E-state index is 13.7. The molecule has 0 spiro atoms. The van der Waals surface area contributed by atoms with E-state index in [-0.39, 0.29) is 24.4 Å². The molecule has 0 saturated heterocycles. The van der Waals surface area contributed by atoms with Gasteiger partial charge in [-0.1, -0.05) is 60.7 Å². The summed E-state index contributed by atoms with van der Waals surface area (Å²) in [6, 6.07) is 22.6. The molecule has 184 valence electrons. The molecule has 0 bridgehead atoms. The van der Waals surface area contributed by atoms with Crippen LogP contribution in [-0.2, 0) is 17.9 Å². The molecule has 0 atom stereocenters. The zero-order valence-corrected chi connectivity index (χ0v) is 19.6. The molecular formula is C28H26F2N4O2. The van der Waals surface area contributed by atoms with Crippen molar-refractivity contribution in [3.05, 3.63) is 113 Å². The average Bonchev–Trinajstić information content (AvgIpc) is 3.29. The van der Waals surface area contributed by atoms with Gasteiger partial charge in [0.15, 0.2) is 0 Å². The van der Waals surface area contributed by atoms with Crippen LogP contribution in [0.5, 0.6) is 0 Å². The molecule has 2 N–H and O–H groups in total. The summed E-state index contributed by atoms with van der Waals surface area (Å²) >= 11 is 0. The zero-order valence-electron chi connectivity index (χ0n) is 19.6. The van der Waals surface area contributed by atoms with Crippen molar-refractivity contribution in [1.29, 1.82) is 0 Å². The molecular weight excluding hydrogens is 462 g/mol. The van der Waals surface area contributed by atoms with Gasteiger partial charge in [-0.15, -0.1) is 0 Å². The number of carbonyl (C=O) groups excluding carboxylic acids is 2. The Morgan fingerprint density at radius 2 is 1.61 bits per heavy atom. The Labute approximate surface area is 208 Å². The first-order valence-electron chi connectivity index (χ1n) is 11.7. The second-order valence-electron chi connectivity index (χ2n) is 8.31. The largest absolute Gasteiger partial charge is 0.352 e. The number of amides is 2. The number of nitrogens with zero attached hydrogens (tertiary/aromatic N) is 2. The summed E-state index contributed by atoms with van der Waals surface area (Å²) in [5.41, 5.74) is 3.55. The van der Waals surface area contributed by atoms with E-state index in [1.807, 2.05) is 71.5 Å². The predicted molar refractivity (Wildman–Crippen MR) is 133 cm³/mol. The molecule has 4 aromatic rings. The SMILES string of the molecule is O=C(CCCNC(=O)c1ccc(F)cc1F)NCc1cn(Cc2ccccc2)nc1-c1ccccc1. The van der Waals surface area contributed by atoms with Crippen molar-refractivity contribution in [3.8, 4) is 11.3 Å². The molecule has 0 aliphatic rings. The second kappa shape index (κ2) is 11.9. The molecule has 1 heterocycles. The third-order valence-electron chi connectivity index (χ3n) is 5.59. The van der Waals surface area contributed by atoms with Gasteiger partial charge < -0.3 is 10.6 Å². The van der Waals surface area contributed by atoms with Gasteiger partial charge in [-0.3, -0.25) is 14.3 Å². The normalized spacial score (nSPS) is 10.7. The van der Waals surface area contributed by atoms with Crippen LogP contribution in [0.3, 0.4) is 0 Å². The molecule has 0 radical (unpaired) electrons. The Morgan fingerprint density at radius 1 is 0.889 bits per heavy atom. The molecule has 4 rings (SSSR count). The van der Waals surface area contributed by atoms with Gasteiger partial charge in [-0.05, 0) is 24.1 Å². The first-order valence-corrected chi connectivity index (χ1v) is 11.7. The van der Waals surface area contributed by atoms with Crippen LogP contribution in [0.4, 0.5) is 8.78 Å². The number of halogens is 2. The molecule has 1 aromatic heterocycles. The number of nitrogens with one attached hydrogen (secondary N) is 2. The minimum absolute atomic E-state index is 0.174. The first-order chi connectivity index (χ1) is 17.5. The summed E-state index contributed by atoms with van der Waals surface area (Å²) in [6.45, 7) is 1.11. The maximum atomic E-state index is 13.7. The van der Waals surface area contributed by atoms with Gasteiger partial charge >= 0.3 is 0 Å². The van der Waals surface area contributed by atoms with Gasteiger partial charge in [0, 0.05) is 42.9 Å². The standard InChI is InChI=1S/C28H26F2N4O2/c29-23-13-14-24(25(30)16-23)28(36)31-15-7-12-26(35)32-17-22-19-34(18-20-8-3-1-4-9-20)33-27(22)21-10-5-2-6-11-21/h1-6,8-11,13-14,16,19H,7,12,15,17-18H2,(H,31,36)(H,32,35). The minimum atomic E-state index is -0.924. The first kappa shape index (κ1) is 24.8. The van der Waals surface area contributed by atoms with E-state index in [1.54, 1.807) is 0 Å². The van der Waals surface area contributed by atoms with Crippen molar-refractivity contribution in [1.82, 2.24) is 20.4 Å². The summed E-state index contributed by atoms with van der Waals surface area (Å²) in [5.74, 6) is -2.49. The summed E-state index contributed by atoms with van der Waals surface area (Å²) in [6.07, 6.45) is 2.50. The van der Waals surface area contributed by atoms with E-state index in [2.05, 4.69) is 10.6 Å². The summed E-state index contributed by atoms with van der Waals surface area (Å²) in [7, 11) is 0. The fourth-order valence-electron chi connectivity index (χ4n) is 3.78. The number of aromatic nitrogens is 2. The van der Waals surface area contributed by atoms with Gasteiger partial charge in [-0.2, -0.15) is 5.10 Å². The summed E-state index contributed by atoms with van der Waals surface area (Å²) < 4.78 is 28.6. The van der Waals surface area contributed by atoms with E-state index in [1.165, 1.54) is 0 Å². The van der Waals surface area contributed by atoms with Crippen LogP contribution in [0.2, 0.25) is 0 Å². The van der Waals surface area contributed by atoms with Crippen molar-refractivity contribution in [2.24, 2.45) is 0 Å². The Balaban J connectivity index is 1.31. The zero-order chi connectivity index (χ0) is 25.3. The lowest BCUT2D eigenvalue weighted by molar-refractivity contribution is -0.121. The van der Waals surface area contributed by atoms with Crippen molar-refractivity contribution < 1.29 is 18.4 Å². The van der Waals surface area contributed by atoms with E-state index < -0.39 is 17.5 Å². The summed E-state index contributed by atoms with van der Waals surface area (Å²) in [5, 5.41) is 10.2. The number of carbonyl (C=O) groups is 2. The Kier molecular flexibility index (Phi) is 8.18. The highest BCUT2D eigenvalue weighted by Crippen LogP contribution is 2.22.